The lowest BCUT2D eigenvalue weighted by Crippen LogP contribution is -2.41. The molecule has 1 fully saturated rings. The van der Waals surface area contributed by atoms with Gasteiger partial charge in [-0.15, -0.1) is 0 Å². The first-order chi connectivity index (χ1) is 15.0. The quantitative estimate of drug-likeness (QED) is 0.484. The molecule has 31 heavy (non-hydrogen) atoms. The molecule has 1 heterocycles. The van der Waals surface area contributed by atoms with Gasteiger partial charge in [-0.25, -0.2) is 4.79 Å². The van der Waals surface area contributed by atoms with E-state index < -0.39 is 6.16 Å². The summed E-state index contributed by atoms with van der Waals surface area (Å²) >= 11 is 3.44. The summed E-state index contributed by atoms with van der Waals surface area (Å²) in [5.74, 6) is 0.477. The van der Waals surface area contributed by atoms with Crippen LogP contribution in [0.1, 0.15) is 40.5 Å². The van der Waals surface area contributed by atoms with Crippen molar-refractivity contribution in [2.75, 3.05) is 26.2 Å². The fourth-order valence-electron chi connectivity index (χ4n) is 3.40. The van der Waals surface area contributed by atoms with E-state index in [4.69, 9.17) is 9.47 Å². The molecule has 2 aromatic carbocycles. The fourth-order valence-corrected chi connectivity index (χ4v) is 3.86. The van der Waals surface area contributed by atoms with Gasteiger partial charge in [-0.05, 0) is 78.0 Å². The van der Waals surface area contributed by atoms with Gasteiger partial charge in [0.15, 0.2) is 0 Å². The largest absolute Gasteiger partial charge is 0.513 e. The molecule has 164 valence electrons. The van der Waals surface area contributed by atoms with Crippen LogP contribution in [0.15, 0.2) is 53.0 Å². The van der Waals surface area contributed by atoms with Crippen molar-refractivity contribution < 1.29 is 23.9 Å². The van der Waals surface area contributed by atoms with E-state index in [-0.39, 0.29) is 18.4 Å². The van der Waals surface area contributed by atoms with Crippen molar-refractivity contribution in [3.63, 3.8) is 0 Å². The van der Waals surface area contributed by atoms with Crippen LogP contribution in [0.25, 0.3) is 0 Å². The highest BCUT2D eigenvalue weighted by Crippen LogP contribution is 2.22. The molecule has 2 aromatic rings. The third kappa shape index (κ3) is 6.30. The van der Waals surface area contributed by atoms with Gasteiger partial charge in [0.2, 0.25) is 0 Å². The van der Waals surface area contributed by atoms with Gasteiger partial charge >= 0.3 is 6.16 Å². The predicted molar refractivity (Wildman–Crippen MR) is 119 cm³/mol. The summed E-state index contributed by atoms with van der Waals surface area (Å²) in [7, 11) is 0. The van der Waals surface area contributed by atoms with Crippen LogP contribution in [0.3, 0.4) is 0 Å². The Labute approximate surface area is 189 Å². The normalized spacial score (nSPS) is 14.1. The standard InChI is InChI=1S/C23H25BrN2O5/c1-2-30-23(29)31-18-9-7-17(8-10-18)21(27)25-15-16-11-13-26(14-12-16)22(28)19-5-3-4-6-20(19)24/h3-10,16H,2,11-15H2,1H3,(H,25,27). The second-order valence-corrected chi connectivity index (χ2v) is 8.09. The molecular formula is C23H25BrN2O5. The lowest BCUT2D eigenvalue weighted by atomic mass is 9.96. The number of carbonyl (C=O) groups excluding carboxylic acids is 3. The SMILES string of the molecule is CCOC(=O)Oc1ccc(C(=O)NCC2CCN(C(=O)c3ccccc3Br)CC2)cc1. The average molecular weight is 489 g/mol. The molecule has 0 radical (unpaired) electrons. The highest BCUT2D eigenvalue weighted by Gasteiger charge is 2.25. The molecule has 0 bridgehead atoms. The molecule has 0 unspecified atom stereocenters. The molecule has 1 N–H and O–H groups in total. The first kappa shape index (κ1) is 22.8. The van der Waals surface area contributed by atoms with Crippen molar-refractivity contribution in [3.05, 3.63) is 64.1 Å². The van der Waals surface area contributed by atoms with Crippen molar-refractivity contribution in [1.82, 2.24) is 10.2 Å². The summed E-state index contributed by atoms with van der Waals surface area (Å²) in [6.45, 7) is 3.81. The first-order valence-corrected chi connectivity index (χ1v) is 11.0. The summed E-state index contributed by atoms with van der Waals surface area (Å²) in [6.07, 6.45) is 0.898. The summed E-state index contributed by atoms with van der Waals surface area (Å²) in [6, 6.07) is 13.7. The van der Waals surface area contributed by atoms with E-state index in [2.05, 4.69) is 21.2 Å². The van der Waals surface area contributed by atoms with Crippen LogP contribution in [0, 0.1) is 5.92 Å². The Morgan fingerprint density at radius 2 is 1.74 bits per heavy atom. The van der Waals surface area contributed by atoms with Crippen molar-refractivity contribution in [2.45, 2.75) is 19.8 Å². The summed E-state index contributed by atoms with van der Waals surface area (Å²) < 4.78 is 10.5. The van der Waals surface area contributed by atoms with Gasteiger partial charge < -0.3 is 19.7 Å². The molecule has 0 saturated carbocycles. The Morgan fingerprint density at radius 1 is 1.06 bits per heavy atom. The summed E-state index contributed by atoms with van der Waals surface area (Å²) in [4.78, 5) is 38.3. The minimum Gasteiger partial charge on any atom is -0.434 e. The number of benzene rings is 2. The molecule has 0 aromatic heterocycles. The van der Waals surface area contributed by atoms with Gasteiger partial charge in [0.05, 0.1) is 12.2 Å². The Hall–Kier alpha value is -2.87. The zero-order chi connectivity index (χ0) is 22.2. The monoisotopic (exact) mass is 488 g/mol. The second kappa shape index (κ2) is 10.9. The van der Waals surface area contributed by atoms with Crippen molar-refractivity contribution in [1.29, 1.82) is 0 Å². The Bertz CT molecular complexity index is 924. The molecule has 7 nitrogen and oxygen atoms in total. The number of halogens is 1. The van der Waals surface area contributed by atoms with E-state index in [1.54, 1.807) is 31.2 Å². The highest BCUT2D eigenvalue weighted by molar-refractivity contribution is 9.10. The van der Waals surface area contributed by atoms with Gasteiger partial charge in [-0.3, -0.25) is 9.59 Å². The van der Waals surface area contributed by atoms with Gasteiger partial charge in [-0.1, -0.05) is 12.1 Å². The molecule has 0 spiro atoms. The summed E-state index contributed by atoms with van der Waals surface area (Å²) in [5.41, 5.74) is 1.15. The van der Waals surface area contributed by atoms with E-state index in [9.17, 15) is 14.4 Å². The van der Waals surface area contributed by atoms with E-state index in [0.717, 1.165) is 17.3 Å². The van der Waals surface area contributed by atoms with Crippen LogP contribution < -0.4 is 10.1 Å². The lowest BCUT2D eigenvalue weighted by molar-refractivity contribution is 0.0683. The average Bonchev–Trinajstić information content (AvgIpc) is 2.78. The van der Waals surface area contributed by atoms with Crippen molar-refractivity contribution >= 4 is 33.9 Å². The number of ether oxygens (including phenoxy) is 2. The number of hydrogen-bond acceptors (Lipinski definition) is 5. The number of carbonyl (C=O) groups is 3. The zero-order valence-electron chi connectivity index (χ0n) is 17.3. The van der Waals surface area contributed by atoms with Crippen LogP contribution in [-0.2, 0) is 4.74 Å². The number of likely N-dealkylation sites (tertiary alicyclic amines) is 1. The Kier molecular flexibility index (Phi) is 8.06. The van der Waals surface area contributed by atoms with Gasteiger partial charge in [0, 0.05) is 29.7 Å². The van der Waals surface area contributed by atoms with E-state index in [1.165, 1.54) is 0 Å². The van der Waals surface area contributed by atoms with Crippen molar-refractivity contribution in [3.8, 4) is 5.75 Å². The third-order valence-electron chi connectivity index (χ3n) is 5.14. The number of nitrogens with zero attached hydrogens (tertiary/aromatic N) is 1. The van der Waals surface area contributed by atoms with Crippen LogP contribution >= 0.6 is 15.9 Å². The first-order valence-electron chi connectivity index (χ1n) is 10.2. The molecule has 1 aliphatic heterocycles. The third-order valence-corrected chi connectivity index (χ3v) is 5.83. The number of nitrogens with one attached hydrogen (secondary N) is 1. The van der Waals surface area contributed by atoms with E-state index >= 15 is 0 Å². The van der Waals surface area contributed by atoms with Crippen molar-refractivity contribution in [2.24, 2.45) is 5.92 Å². The lowest BCUT2D eigenvalue weighted by Gasteiger charge is -2.32. The molecule has 0 aliphatic carbocycles. The minimum absolute atomic E-state index is 0.0279. The number of rotatable bonds is 6. The minimum atomic E-state index is -0.774. The molecule has 0 atom stereocenters. The second-order valence-electron chi connectivity index (χ2n) is 7.23. The molecule has 1 aliphatic rings. The molecule has 3 rings (SSSR count). The fraction of sp³-hybridized carbons (Fsp3) is 0.348. The van der Waals surface area contributed by atoms with Crippen LogP contribution in [0.4, 0.5) is 4.79 Å². The van der Waals surface area contributed by atoms with Gasteiger partial charge in [-0.2, -0.15) is 0 Å². The Morgan fingerprint density at radius 3 is 2.39 bits per heavy atom. The summed E-state index contributed by atoms with van der Waals surface area (Å²) in [5, 5.41) is 2.95. The molecular weight excluding hydrogens is 464 g/mol. The topological polar surface area (TPSA) is 84.9 Å². The smallest absolute Gasteiger partial charge is 0.434 e. The number of piperidine rings is 1. The van der Waals surface area contributed by atoms with E-state index in [0.29, 0.717) is 42.4 Å². The van der Waals surface area contributed by atoms with Gasteiger partial charge in [0.25, 0.3) is 11.8 Å². The van der Waals surface area contributed by atoms with Crippen LogP contribution in [-0.4, -0.2) is 49.1 Å². The van der Waals surface area contributed by atoms with E-state index in [1.807, 2.05) is 29.2 Å². The molecule has 2 amide bonds. The van der Waals surface area contributed by atoms with Crippen LogP contribution in [0.5, 0.6) is 5.75 Å². The molecule has 8 heteroatoms. The maximum Gasteiger partial charge on any atom is 0.513 e. The number of hydrogen-bond donors (Lipinski definition) is 1. The molecule has 1 saturated heterocycles. The predicted octanol–water partition coefficient (Wildman–Crippen LogP) is 4.27. The maximum absolute atomic E-state index is 12.7. The zero-order valence-corrected chi connectivity index (χ0v) is 18.9. The van der Waals surface area contributed by atoms with Gasteiger partial charge in [0.1, 0.15) is 5.75 Å². The van der Waals surface area contributed by atoms with Crippen LogP contribution in [0.2, 0.25) is 0 Å². The highest BCUT2D eigenvalue weighted by atomic mass is 79.9. The number of amides is 2. The maximum atomic E-state index is 12.7. The Balaban J connectivity index is 1.44.